The number of carbonyl (C=O) groups is 2. The van der Waals surface area contributed by atoms with Crippen LogP contribution in [0.5, 0.6) is 28.7 Å². The van der Waals surface area contributed by atoms with Gasteiger partial charge in [0.15, 0.2) is 11.5 Å². The van der Waals surface area contributed by atoms with Crippen LogP contribution in [-0.2, 0) is 4.79 Å². The summed E-state index contributed by atoms with van der Waals surface area (Å²) >= 11 is 0. The van der Waals surface area contributed by atoms with Gasteiger partial charge in [-0.1, -0.05) is 0 Å². The fourth-order valence-electron chi connectivity index (χ4n) is 2.98. The number of anilines is 1. The Kier molecular flexibility index (Phi) is 8.82. The normalized spacial score (nSPS) is 10.4. The quantitative estimate of drug-likeness (QED) is 0.402. The minimum absolute atomic E-state index is 0.0325. The first kappa shape index (κ1) is 25.3. The van der Waals surface area contributed by atoms with E-state index >= 15 is 0 Å². The number of methoxy groups -OCH3 is 1. The Bertz CT molecular complexity index is 1140. The molecule has 3 aromatic carbocycles. The van der Waals surface area contributed by atoms with Crippen molar-refractivity contribution in [2.45, 2.75) is 13.5 Å². The molecule has 0 unspecified atom stereocenters. The van der Waals surface area contributed by atoms with E-state index < -0.39 is 18.4 Å². The lowest BCUT2D eigenvalue weighted by Gasteiger charge is -2.12. The van der Waals surface area contributed by atoms with E-state index in [2.05, 4.69) is 15.4 Å². The summed E-state index contributed by atoms with van der Waals surface area (Å²) in [4.78, 5) is 24.5. The van der Waals surface area contributed by atoms with E-state index in [0.717, 1.165) is 5.75 Å². The van der Waals surface area contributed by atoms with Gasteiger partial charge in [-0.25, -0.2) is 0 Å². The number of benzene rings is 3. The molecule has 2 N–H and O–H groups in total. The number of hydrogen-bond acceptors (Lipinski definition) is 6. The van der Waals surface area contributed by atoms with E-state index in [9.17, 15) is 18.4 Å². The van der Waals surface area contributed by atoms with Gasteiger partial charge in [0.1, 0.15) is 17.2 Å². The first-order valence-electron chi connectivity index (χ1n) is 10.6. The summed E-state index contributed by atoms with van der Waals surface area (Å²) in [6.45, 7) is -0.843. The van der Waals surface area contributed by atoms with Gasteiger partial charge in [0, 0.05) is 11.3 Å². The Morgan fingerprint density at radius 2 is 1.51 bits per heavy atom. The first-order valence-corrected chi connectivity index (χ1v) is 10.6. The largest absolute Gasteiger partial charge is 0.494 e. The lowest BCUT2D eigenvalue weighted by atomic mass is 10.2. The summed E-state index contributed by atoms with van der Waals surface area (Å²) in [6, 6.07) is 17.6. The molecular weight excluding hydrogens is 462 g/mol. The molecule has 0 heterocycles. The van der Waals surface area contributed by atoms with Crippen LogP contribution in [0.1, 0.15) is 17.3 Å². The molecule has 35 heavy (non-hydrogen) atoms. The van der Waals surface area contributed by atoms with Crippen molar-refractivity contribution in [1.82, 2.24) is 5.32 Å². The highest BCUT2D eigenvalue weighted by Crippen LogP contribution is 2.29. The Morgan fingerprint density at radius 3 is 2.11 bits per heavy atom. The second-order valence-electron chi connectivity index (χ2n) is 7.01. The van der Waals surface area contributed by atoms with Crippen molar-refractivity contribution >= 4 is 17.5 Å². The molecule has 0 radical (unpaired) electrons. The summed E-state index contributed by atoms with van der Waals surface area (Å²) < 4.78 is 45.3. The molecule has 0 atom stereocenters. The molecule has 0 aliphatic rings. The summed E-state index contributed by atoms with van der Waals surface area (Å²) in [7, 11) is 1.26. The highest BCUT2D eigenvalue weighted by molar-refractivity contribution is 5.99. The zero-order valence-corrected chi connectivity index (χ0v) is 19.0. The standard InChI is InChI=1S/C25H24F2N2O6/c1-3-33-18-9-11-20(12-10-18)34-19-7-5-17(6-8-19)29-23(30)15-28-24(31)16-4-13-21(35-25(26)27)22(14-16)32-2/h4-14,25H,3,15H2,1-2H3,(H,28,31)(H,29,30). The van der Waals surface area contributed by atoms with Crippen LogP contribution in [0.3, 0.4) is 0 Å². The van der Waals surface area contributed by atoms with Gasteiger partial charge in [-0.3, -0.25) is 9.59 Å². The van der Waals surface area contributed by atoms with E-state index in [4.69, 9.17) is 14.2 Å². The lowest BCUT2D eigenvalue weighted by Crippen LogP contribution is -2.32. The van der Waals surface area contributed by atoms with Gasteiger partial charge in [-0.05, 0) is 73.7 Å². The summed E-state index contributed by atoms with van der Waals surface area (Å²) in [6.07, 6.45) is 0. The summed E-state index contributed by atoms with van der Waals surface area (Å²) in [5, 5.41) is 5.12. The zero-order valence-electron chi connectivity index (χ0n) is 19.0. The molecule has 184 valence electrons. The molecule has 3 rings (SSSR count). The number of carbonyl (C=O) groups excluding carboxylic acids is 2. The van der Waals surface area contributed by atoms with Crippen LogP contribution >= 0.6 is 0 Å². The topological polar surface area (TPSA) is 95.1 Å². The van der Waals surface area contributed by atoms with Crippen LogP contribution in [0, 0.1) is 0 Å². The highest BCUT2D eigenvalue weighted by Gasteiger charge is 2.15. The average molecular weight is 486 g/mol. The predicted molar refractivity (Wildman–Crippen MR) is 125 cm³/mol. The fraction of sp³-hybridized carbons (Fsp3) is 0.200. The molecule has 10 heteroatoms. The van der Waals surface area contributed by atoms with Crippen LogP contribution in [-0.4, -0.2) is 38.7 Å². The zero-order chi connectivity index (χ0) is 25.2. The maximum absolute atomic E-state index is 12.4. The van der Waals surface area contributed by atoms with Crippen molar-refractivity contribution in [3.8, 4) is 28.7 Å². The number of amides is 2. The van der Waals surface area contributed by atoms with E-state index in [-0.39, 0.29) is 23.6 Å². The molecule has 0 aromatic heterocycles. The molecule has 2 amide bonds. The molecule has 0 saturated heterocycles. The Labute approximate surface area is 200 Å². The van der Waals surface area contributed by atoms with Crippen molar-refractivity contribution in [3.63, 3.8) is 0 Å². The molecule has 0 spiro atoms. The predicted octanol–water partition coefficient (Wildman–Crippen LogP) is 4.86. The monoisotopic (exact) mass is 486 g/mol. The van der Waals surface area contributed by atoms with Crippen molar-refractivity contribution in [3.05, 3.63) is 72.3 Å². The van der Waals surface area contributed by atoms with Gasteiger partial charge in [0.05, 0.1) is 20.3 Å². The molecule has 0 bridgehead atoms. The van der Waals surface area contributed by atoms with E-state index in [0.29, 0.717) is 23.8 Å². The van der Waals surface area contributed by atoms with Crippen molar-refractivity contribution in [2.75, 3.05) is 25.6 Å². The second-order valence-corrected chi connectivity index (χ2v) is 7.01. The van der Waals surface area contributed by atoms with Gasteiger partial charge < -0.3 is 29.6 Å². The Morgan fingerprint density at radius 1 is 0.886 bits per heavy atom. The SMILES string of the molecule is CCOc1ccc(Oc2ccc(NC(=O)CNC(=O)c3ccc(OC(F)F)c(OC)c3)cc2)cc1. The number of alkyl halides is 2. The number of rotatable bonds is 11. The summed E-state index contributed by atoms with van der Waals surface area (Å²) in [5.41, 5.74) is 0.630. The van der Waals surface area contributed by atoms with Gasteiger partial charge in [-0.15, -0.1) is 0 Å². The lowest BCUT2D eigenvalue weighted by molar-refractivity contribution is -0.115. The van der Waals surface area contributed by atoms with Crippen molar-refractivity contribution < 1.29 is 37.3 Å². The molecule has 0 saturated carbocycles. The third kappa shape index (κ3) is 7.60. The maximum Gasteiger partial charge on any atom is 0.387 e. The van der Waals surface area contributed by atoms with Crippen LogP contribution in [0.4, 0.5) is 14.5 Å². The number of nitrogens with one attached hydrogen (secondary N) is 2. The second kappa shape index (κ2) is 12.2. The maximum atomic E-state index is 12.4. The average Bonchev–Trinajstić information content (AvgIpc) is 2.85. The molecular formula is C25H24F2N2O6. The van der Waals surface area contributed by atoms with E-state index in [1.54, 1.807) is 36.4 Å². The van der Waals surface area contributed by atoms with Gasteiger partial charge in [0.25, 0.3) is 5.91 Å². The molecule has 0 fully saturated rings. The van der Waals surface area contributed by atoms with Crippen molar-refractivity contribution in [1.29, 1.82) is 0 Å². The molecule has 8 nitrogen and oxygen atoms in total. The minimum atomic E-state index is -3.03. The van der Waals surface area contributed by atoms with Crippen LogP contribution in [0.2, 0.25) is 0 Å². The Hall–Kier alpha value is -4.34. The minimum Gasteiger partial charge on any atom is -0.494 e. The van der Waals surface area contributed by atoms with Gasteiger partial charge >= 0.3 is 6.61 Å². The van der Waals surface area contributed by atoms with E-state index in [1.165, 1.54) is 25.3 Å². The third-order valence-electron chi connectivity index (χ3n) is 4.56. The van der Waals surface area contributed by atoms with Gasteiger partial charge in [-0.2, -0.15) is 8.78 Å². The van der Waals surface area contributed by atoms with Gasteiger partial charge in [0.2, 0.25) is 5.91 Å². The first-order chi connectivity index (χ1) is 16.9. The summed E-state index contributed by atoms with van der Waals surface area (Å²) in [5.74, 6) is 0.694. The number of ether oxygens (including phenoxy) is 4. The van der Waals surface area contributed by atoms with Crippen molar-refractivity contribution in [2.24, 2.45) is 0 Å². The third-order valence-corrected chi connectivity index (χ3v) is 4.56. The van der Waals surface area contributed by atoms with Crippen LogP contribution in [0.25, 0.3) is 0 Å². The highest BCUT2D eigenvalue weighted by atomic mass is 19.3. The van der Waals surface area contributed by atoms with E-state index in [1.807, 2.05) is 19.1 Å². The molecule has 0 aliphatic carbocycles. The molecule has 3 aromatic rings. The fourth-order valence-corrected chi connectivity index (χ4v) is 2.98. The van der Waals surface area contributed by atoms with Crippen LogP contribution < -0.4 is 29.6 Å². The van der Waals surface area contributed by atoms with Crippen LogP contribution in [0.15, 0.2) is 66.7 Å². The Balaban J connectivity index is 1.50. The smallest absolute Gasteiger partial charge is 0.387 e. The number of halogens is 2. The number of hydrogen-bond donors (Lipinski definition) is 2. The molecule has 0 aliphatic heterocycles.